The molecule has 0 saturated carbocycles. The van der Waals surface area contributed by atoms with Crippen molar-refractivity contribution < 1.29 is 13.2 Å². The lowest BCUT2D eigenvalue weighted by molar-refractivity contribution is -0.116. The average Bonchev–Trinajstić information content (AvgIpc) is 2.71. The Hall–Kier alpha value is -2.94. The summed E-state index contributed by atoms with van der Waals surface area (Å²) >= 11 is 5.95. The molecule has 1 amide bonds. The number of fused-ring (bicyclic) bond motifs is 1. The Balaban J connectivity index is 1.65. The number of hydrogen-bond acceptors (Lipinski definition) is 5. The van der Waals surface area contributed by atoms with Crippen LogP contribution >= 0.6 is 11.6 Å². The summed E-state index contributed by atoms with van der Waals surface area (Å²) in [5.41, 5.74) is 2.37. The Morgan fingerprint density at radius 1 is 1.13 bits per heavy atom. The van der Waals surface area contributed by atoms with Gasteiger partial charge in [0.15, 0.2) is 5.82 Å². The van der Waals surface area contributed by atoms with Crippen LogP contribution in [-0.4, -0.2) is 36.8 Å². The number of nitrogens with zero attached hydrogens (tertiary/aromatic N) is 3. The fraction of sp³-hybridized carbons (Fsp3) is 0.143. The minimum atomic E-state index is -3.89. The smallest absolute Gasteiger partial charge is 0.248 e. The van der Waals surface area contributed by atoms with Crippen molar-refractivity contribution in [2.75, 3.05) is 23.4 Å². The number of aryl methyl sites for hydroxylation is 1. The third-order valence-corrected chi connectivity index (χ3v) is 6.73. The van der Waals surface area contributed by atoms with Crippen molar-refractivity contribution in [3.05, 3.63) is 77.4 Å². The molecule has 7 nitrogen and oxygen atoms in total. The summed E-state index contributed by atoms with van der Waals surface area (Å²) in [5.74, 6) is -0.120. The molecule has 0 bridgehead atoms. The van der Waals surface area contributed by atoms with E-state index in [-0.39, 0.29) is 18.1 Å². The Morgan fingerprint density at radius 2 is 1.90 bits per heavy atom. The third-order valence-electron chi connectivity index (χ3n) is 4.70. The van der Waals surface area contributed by atoms with Gasteiger partial charge in [0.1, 0.15) is 4.90 Å². The van der Waals surface area contributed by atoms with Crippen molar-refractivity contribution >= 4 is 44.7 Å². The molecule has 1 aromatic heterocycles. The Bertz CT molecular complexity index is 1200. The fourth-order valence-corrected chi connectivity index (χ4v) is 4.88. The molecular weight excluding hydrogens is 424 g/mol. The Morgan fingerprint density at radius 3 is 2.63 bits per heavy atom. The highest BCUT2D eigenvalue weighted by atomic mass is 35.5. The molecule has 2 heterocycles. The number of benzene rings is 2. The van der Waals surface area contributed by atoms with Gasteiger partial charge >= 0.3 is 0 Å². The fourth-order valence-electron chi connectivity index (χ4n) is 3.22. The van der Waals surface area contributed by atoms with Crippen LogP contribution in [0.4, 0.5) is 17.2 Å². The van der Waals surface area contributed by atoms with E-state index in [0.717, 1.165) is 15.6 Å². The molecule has 1 aliphatic heterocycles. The molecule has 30 heavy (non-hydrogen) atoms. The summed E-state index contributed by atoms with van der Waals surface area (Å²) in [7, 11) is -3.89. The van der Waals surface area contributed by atoms with Gasteiger partial charge in [-0.1, -0.05) is 35.4 Å². The van der Waals surface area contributed by atoms with Crippen molar-refractivity contribution in [3.63, 3.8) is 0 Å². The van der Waals surface area contributed by atoms with E-state index < -0.39 is 15.9 Å². The molecule has 0 unspecified atom stereocenters. The number of pyridine rings is 1. The summed E-state index contributed by atoms with van der Waals surface area (Å²) in [6, 6.07) is 17.4. The number of hydrogen-bond donors (Lipinski definition) is 1. The van der Waals surface area contributed by atoms with Crippen LogP contribution in [0, 0.1) is 6.92 Å². The standard InChI is InChI=1S/C21H19ClN4O3S/c1-15-7-9-18(10-8-15)26-14-25(30(28,29)19-6-3-11-23-21(19)26)13-20(27)24-17-5-2-4-16(22)12-17/h2-12H,13-14H2,1H3,(H,24,27). The second-order valence-corrected chi connectivity index (χ2v) is 9.25. The van der Waals surface area contributed by atoms with Gasteiger partial charge in [-0.15, -0.1) is 0 Å². The van der Waals surface area contributed by atoms with Crippen LogP contribution in [0.2, 0.25) is 5.02 Å². The summed E-state index contributed by atoms with van der Waals surface area (Å²) in [6.45, 7) is 1.60. The normalized spacial score (nSPS) is 15.5. The Kier molecular flexibility index (Phi) is 5.46. The van der Waals surface area contributed by atoms with E-state index in [1.807, 2.05) is 31.2 Å². The zero-order chi connectivity index (χ0) is 21.3. The minimum absolute atomic E-state index is 0.0294. The first-order valence-electron chi connectivity index (χ1n) is 9.19. The zero-order valence-corrected chi connectivity index (χ0v) is 17.7. The molecular formula is C21H19ClN4O3S. The molecule has 0 saturated heterocycles. The molecule has 0 radical (unpaired) electrons. The SMILES string of the molecule is Cc1ccc(N2CN(CC(=O)Nc3cccc(Cl)c3)S(=O)(=O)c3cccnc32)cc1. The predicted molar refractivity (Wildman–Crippen MR) is 116 cm³/mol. The molecule has 1 aliphatic rings. The average molecular weight is 443 g/mol. The van der Waals surface area contributed by atoms with E-state index in [1.165, 1.54) is 6.07 Å². The van der Waals surface area contributed by atoms with Crippen LogP contribution in [0.1, 0.15) is 5.56 Å². The highest BCUT2D eigenvalue weighted by Gasteiger charge is 2.37. The number of carbonyl (C=O) groups excluding carboxylic acids is 1. The molecule has 4 rings (SSSR count). The molecule has 3 aromatic rings. The number of amides is 1. The minimum Gasteiger partial charge on any atom is -0.325 e. The zero-order valence-electron chi connectivity index (χ0n) is 16.1. The maximum atomic E-state index is 13.1. The first kappa shape index (κ1) is 20.3. The van der Waals surface area contributed by atoms with Gasteiger partial charge < -0.3 is 10.2 Å². The lowest BCUT2D eigenvalue weighted by Gasteiger charge is -2.36. The van der Waals surface area contributed by atoms with Gasteiger partial charge in [0, 0.05) is 22.6 Å². The van der Waals surface area contributed by atoms with Crippen LogP contribution < -0.4 is 10.2 Å². The first-order valence-corrected chi connectivity index (χ1v) is 11.0. The highest BCUT2D eigenvalue weighted by molar-refractivity contribution is 7.89. The number of halogens is 1. The van der Waals surface area contributed by atoms with Gasteiger partial charge in [0.2, 0.25) is 15.9 Å². The Labute approximate surface area is 180 Å². The number of sulfonamides is 1. The van der Waals surface area contributed by atoms with Crippen LogP contribution in [0.5, 0.6) is 0 Å². The monoisotopic (exact) mass is 442 g/mol. The summed E-state index contributed by atoms with van der Waals surface area (Å²) < 4.78 is 27.4. The van der Waals surface area contributed by atoms with Crippen LogP contribution in [-0.2, 0) is 14.8 Å². The van der Waals surface area contributed by atoms with Gasteiger partial charge in [0.25, 0.3) is 0 Å². The molecule has 0 aliphatic carbocycles. The maximum absolute atomic E-state index is 13.1. The third kappa shape index (κ3) is 4.02. The number of aromatic nitrogens is 1. The van der Waals surface area contributed by atoms with E-state index in [9.17, 15) is 13.2 Å². The van der Waals surface area contributed by atoms with Gasteiger partial charge in [-0.25, -0.2) is 13.4 Å². The van der Waals surface area contributed by atoms with Gasteiger partial charge in [-0.3, -0.25) is 4.79 Å². The summed E-state index contributed by atoms with van der Waals surface area (Å²) in [6.07, 6.45) is 1.55. The second-order valence-electron chi connectivity index (χ2n) is 6.90. The van der Waals surface area contributed by atoms with E-state index in [2.05, 4.69) is 10.3 Å². The lowest BCUT2D eigenvalue weighted by Crippen LogP contribution is -2.47. The largest absolute Gasteiger partial charge is 0.325 e. The molecule has 2 aromatic carbocycles. The van der Waals surface area contributed by atoms with Crippen molar-refractivity contribution in [1.82, 2.24) is 9.29 Å². The van der Waals surface area contributed by atoms with E-state index in [0.29, 0.717) is 16.5 Å². The molecule has 0 atom stereocenters. The summed E-state index contributed by atoms with van der Waals surface area (Å²) in [5, 5.41) is 3.17. The van der Waals surface area contributed by atoms with E-state index >= 15 is 0 Å². The first-order chi connectivity index (χ1) is 14.3. The van der Waals surface area contributed by atoms with Gasteiger partial charge in [0.05, 0.1) is 13.2 Å². The van der Waals surface area contributed by atoms with E-state index in [1.54, 1.807) is 41.4 Å². The van der Waals surface area contributed by atoms with Crippen LogP contribution in [0.3, 0.4) is 0 Å². The molecule has 1 N–H and O–H groups in total. The number of anilines is 3. The number of nitrogens with one attached hydrogen (secondary N) is 1. The molecule has 9 heteroatoms. The van der Waals surface area contributed by atoms with Crippen LogP contribution in [0.25, 0.3) is 0 Å². The topological polar surface area (TPSA) is 82.6 Å². The van der Waals surface area contributed by atoms with Gasteiger partial charge in [-0.2, -0.15) is 4.31 Å². The quantitative estimate of drug-likeness (QED) is 0.664. The maximum Gasteiger partial charge on any atom is 0.248 e. The van der Waals surface area contributed by atoms with Crippen molar-refractivity contribution in [1.29, 1.82) is 0 Å². The molecule has 0 fully saturated rings. The highest BCUT2D eigenvalue weighted by Crippen LogP contribution is 2.36. The molecule has 154 valence electrons. The lowest BCUT2D eigenvalue weighted by atomic mass is 10.2. The van der Waals surface area contributed by atoms with Crippen molar-refractivity contribution in [2.24, 2.45) is 0 Å². The second kappa shape index (κ2) is 8.06. The van der Waals surface area contributed by atoms with Crippen LogP contribution in [0.15, 0.2) is 71.8 Å². The van der Waals surface area contributed by atoms with E-state index in [4.69, 9.17) is 11.6 Å². The number of rotatable bonds is 4. The van der Waals surface area contributed by atoms with Crippen molar-refractivity contribution in [2.45, 2.75) is 11.8 Å². The number of carbonyl (C=O) groups is 1. The predicted octanol–water partition coefficient (Wildman–Crippen LogP) is 3.78. The molecule has 0 spiro atoms. The summed E-state index contributed by atoms with van der Waals surface area (Å²) in [4.78, 5) is 18.7. The van der Waals surface area contributed by atoms with Crippen molar-refractivity contribution in [3.8, 4) is 0 Å². The van der Waals surface area contributed by atoms with Gasteiger partial charge in [-0.05, 0) is 49.4 Å².